The van der Waals surface area contributed by atoms with Crippen molar-refractivity contribution in [1.29, 1.82) is 0 Å². The molecule has 0 aliphatic carbocycles. The van der Waals surface area contributed by atoms with Crippen LogP contribution in [0.4, 0.5) is 0 Å². The van der Waals surface area contributed by atoms with E-state index in [0.717, 1.165) is 0 Å². The summed E-state index contributed by atoms with van der Waals surface area (Å²) in [4.78, 5) is 23.7. The molecule has 16 heavy (non-hydrogen) atoms. The van der Waals surface area contributed by atoms with Gasteiger partial charge in [-0.05, 0) is 12.1 Å². The van der Waals surface area contributed by atoms with E-state index in [4.69, 9.17) is 11.5 Å². The Morgan fingerprint density at radius 2 is 2.31 bits per heavy atom. The lowest BCUT2D eigenvalue weighted by Crippen LogP contribution is -2.29. The van der Waals surface area contributed by atoms with E-state index >= 15 is 0 Å². The molecule has 1 rings (SSSR count). The number of terminal acetylenes is 1. The van der Waals surface area contributed by atoms with Gasteiger partial charge in [0.25, 0.3) is 5.91 Å². The van der Waals surface area contributed by atoms with Crippen molar-refractivity contribution in [3.63, 3.8) is 0 Å². The minimum Gasteiger partial charge on any atom is -0.480 e. The fourth-order valence-corrected chi connectivity index (χ4v) is 1.30. The summed E-state index contributed by atoms with van der Waals surface area (Å²) in [6.45, 7) is -0.0466. The molecule has 0 saturated carbocycles. The van der Waals surface area contributed by atoms with Crippen molar-refractivity contribution >= 4 is 11.9 Å². The maximum absolute atomic E-state index is 11.8. The van der Waals surface area contributed by atoms with Crippen LogP contribution >= 0.6 is 0 Å². The van der Waals surface area contributed by atoms with Gasteiger partial charge < -0.3 is 14.6 Å². The van der Waals surface area contributed by atoms with E-state index in [2.05, 4.69) is 5.92 Å². The van der Waals surface area contributed by atoms with Crippen molar-refractivity contribution in [1.82, 2.24) is 9.47 Å². The summed E-state index contributed by atoms with van der Waals surface area (Å²) in [7, 11) is 1.57. The second kappa shape index (κ2) is 5.03. The highest BCUT2D eigenvalue weighted by Gasteiger charge is 2.15. The lowest BCUT2D eigenvalue weighted by atomic mass is 10.3. The van der Waals surface area contributed by atoms with E-state index in [1.807, 2.05) is 0 Å². The van der Waals surface area contributed by atoms with Crippen LogP contribution in [0.3, 0.4) is 0 Å². The first-order chi connectivity index (χ1) is 7.56. The molecule has 1 aromatic rings. The number of aliphatic carboxylic acids is 1. The third-order valence-corrected chi connectivity index (χ3v) is 2.03. The molecule has 1 aromatic heterocycles. The first kappa shape index (κ1) is 11.9. The van der Waals surface area contributed by atoms with Crippen molar-refractivity contribution in [2.24, 2.45) is 0 Å². The van der Waals surface area contributed by atoms with Gasteiger partial charge in [-0.1, -0.05) is 5.92 Å². The molecule has 0 atom stereocenters. The summed E-state index contributed by atoms with van der Waals surface area (Å²) in [6.07, 6.45) is 6.64. The predicted octanol–water partition coefficient (Wildman–Crippen LogP) is 0.278. The number of hydrogen-bond acceptors (Lipinski definition) is 2. The molecule has 0 unspecified atom stereocenters. The van der Waals surface area contributed by atoms with Crippen LogP contribution in [0.1, 0.15) is 10.5 Å². The normalized spacial score (nSPS) is 9.50. The summed E-state index contributed by atoms with van der Waals surface area (Å²) in [6, 6.07) is 3.19. The highest BCUT2D eigenvalue weighted by atomic mass is 16.4. The van der Waals surface area contributed by atoms with Crippen LogP contribution in [0.15, 0.2) is 18.3 Å². The maximum atomic E-state index is 11.8. The van der Waals surface area contributed by atoms with Gasteiger partial charge in [0.15, 0.2) is 0 Å². The van der Waals surface area contributed by atoms with Gasteiger partial charge in [-0.2, -0.15) is 0 Å². The number of carboxylic acids is 1. The quantitative estimate of drug-likeness (QED) is 0.741. The third kappa shape index (κ3) is 2.64. The van der Waals surface area contributed by atoms with Crippen molar-refractivity contribution in [2.45, 2.75) is 6.54 Å². The van der Waals surface area contributed by atoms with Gasteiger partial charge in [-0.15, -0.1) is 6.42 Å². The van der Waals surface area contributed by atoms with Crippen molar-refractivity contribution in [3.8, 4) is 12.3 Å². The predicted molar refractivity (Wildman–Crippen MR) is 57.9 cm³/mol. The number of rotatable bonds is 4. The summed E-state index contributed by atoms with van der Waals surface area (Å²) in [5, 5.41) is 8.66. The van der Waals surface area contributed by atoms with Gasteiger partial charge in [0.1, 0.15) is 12.2 Å². The zero-order valence-corrected chi connectivity index (χ0v) is 8.88. The Morgan fingerprint density at radius 3 is 2.88 bits per heavy atom. The highest BCUT2D eigenvalue weighted by molar-refractivity contribution is 5.93. The average molecular weight is 220 g/mol. The lowest BCUT2D eigenvalue weighted by Gasteiger charge is -2.14. The molecule has 0 spiro atoms. The standard InChI is InChI=1S/C11H12N2O3/c1-3-6-12(2)11(16)9-5-4-7-13(9)8-10(14)15/h1,4-5,7H,6,8H2,2H3,(H,14,15). The zero-order valence-electron chi connectivity index (χ0n) is 8.88. The molecule has 1 N–H and O–H groups in total. The van der Waals surface area contributed by atoms with Gasteiger partial charge >= 0.3 is 5.97 Å². The van der Waals surface area contributed by atoms with Gasteiger partial charge in [0.05, 0.1) is 6.54 Å². The molecular weight excluding hydrogens is 208 g/mol. The van der Waals surface area contributed by atoms with Gasteiger partial charge in [-0.25, -0.2) is 0 Å². The van der Waals surface area contributed by atoms with Crippen LogP contribution in [0.2, 0.25) is 0 Å². The summed E-state index contributed by atoms with van der Waals surface area (Å²) >= 11 is 0. The van der Waals surface area contributed by atoms with E-state index in [-0.39, 0.29) is 19.0 Å². The average Bonchev–Trinajstić information content (AvgIpc) is 2.64. The second-order valence-electron chi connectivity index (χ2n) is 3.28. The van der Waals surface area contributed by atoms with Crippen LogP contribution in [0, 0.1) is 12.3 Å². The fourth-order valence-electron chi connectivity index (χ4n) is 1.30. The molecule has 5 heteroatoms. The van der Waals surface area contributed by atoms with Crippen molar-refractivity contribution in [3.05, 3.63) is 24.0 Å². The zero-order chi connectivity index (χ0) is 12.1. The molecule has 0 saturated heterocycles. The number of carbonyl (C=O) groups is 2. The Hall–Kier alpha value is -2.22. The Balaban J connectivity index is 2.88. The number of amides is 1. The molecule has 1 amide bonds. The molecule has 0 fully saturated rings. The van der Waals surface area contributed by atoms with Crippen LogP contribution in [0.5, 0.6) is 0 Å². The van der Waals surface area contributed by atoms with Crippen LogP contribution < -0.4 is 0 Å². The fraction of sp³-hybridized carbons (Fsp3) is 0.273. The Morgan fingerprint density at radius 1 is 1.62 bits per heavy atom. The minimum absolute atomic E-state index is 0.192. The molecular formula is C11H12N2O3. The molecule has 5 nitrogen and oxygen atoms in total. The van der Waals surface area contributed by atoms with Crippen molar-refractivity contribution < 1.29 is 14.7 Å². The van der Waals surface area contributed by atoms with E-state index in [0.29, 0.717) is 5.69 Å². The lowest BCUT2D eigenvalue weighted by molar-refractivity contribution is -0.137. The Bertz CT molecular complexity index is 442. The Kier molecular flexibility index (Phi) is 3.72. The van der Waals surface area contributed by atoms with Crippen molar-refractivity contribution in [2.75, 3.05) is 13.6 Å². The molecule has 0 radical (unpaired) electrons. The van der Waals surface area contributed by atoms with Crippen LogP contribution in [-0.2, 0) is 11.3 Å². The molecule has 1 heterocycles. The number of carboxylic acid groups (broad SMARTS) is 1. The van der Waals surface area contributed by atoms with E-state index in [1.165, 1.54) is 9.47 Å². The topological polar surface area (TPSA) is 62.5 Å². The largest absolute Gasteiger partial charge is 0.480 e. The maximum Gasteiger partial charge on any atom is 0.323 e. The summed E-state index contributed by atoms with van der Waals surface area (Å²) < 4.78 is 1.37. The third-order valence-electron chi connectivity index (χ3n) is 2.03. The van der Waals surface area contributed by atoms with Crippen LogP contribution in [0.25, 0.3) is 0 Å². The van der Waals surface area contributed by atoms with Gasteiger partial charge in [0, 0.05) is 13.2 Å². The molecule has 0 bridgehead atoms. The van der Waals surface area contributed by atoms with Gasteiger partial charge in [0.2, 0.25) is 0 Å². The number of nitrogens with zero attached hydrogens (tertiary/aromatic N) is 2. The monoisotopic (exact) mass is 220 g/mol. The minimum atomic E-state index is -0.996. The summed E-state index contributed by atoms with van der Waals surface area (Å²) in [5.41, 5.74) is 0.320. The molecule has 0 aromatic carbocycles. The first-order valence-corrected chi connectivity index (χ1v) is 4.62. The number of hydrogen-bond donors (Lipinski definition) is 1. The van der Waals surface area contributed by atoms with E-state index in [1.54, 1.807) is 25.4 Å². The highest BCUT2D eigenvalue weighted by Crippen LogP contribution is 2.05. The van der Waals surface area contributed by atoms with E-state index < -0.39 is 5.97 Å². The SMILES string of the molecule is C#CCN(C)C(=O)c1cccn1CC(=O)O. The second-order valence-corrected chi connectivity index (χ2v) is 3.28. The first-order valence-electron chi connectivity index (χ1n) is 4.62. The number of aromatic nitrogens is 1. The molecule has 0 aliphatic heterocycles. The van der Waals surface area contributed by atoms with Gasteiger partial charge in [-0.3, -0.25) is 9.59 Å². The number of carbonyl (C=O) groups excluding carboxylic acids is 1. The van der Waals surface area contributed by atoms with Crippen LogP contribution in [-0.4, -0.2) is 40.0 Å². The molecule has 84 valence electrons. The van der Waals surface area contributed by atoms with E-state index in [9.17, 15) is 9.59 Å². The summed E-state index contributed by atoms with van der Waals surface area (Å²) in [5.74, 6) is 1.07. The molecule has 0 aliphatic rings. The Labute approximate surface area is 93.3 Å². The smallest absolute Gasteiger partial charge is 0.323 e.